The minimum absolute atomic E-state index is 0.179. The molecule has 0 atom stereocenters. The van der Waals surface area contributed by atoms with E-state index in [0.29, 0.717) is 11.3 Å². The van der Waals surface area contributed by atoms with Crippen LogP contribution in [0.25, 0.3) is 17.1 Å². The summed E-state index contributed by atoms with van der Waals surface area (Å²) in [5, 5.41) is 7.18. The molecule has 4 rings (SSSR count). The van der Waals surface area contributed by atoms with Crippen LogP contribution < -0.4 is 5.32 Å². The molecule has 2 heterocycles. The van der Waals surface area contributed by atoms with E-state index in [4.69, 9.17) is 0 Å². The quantitative estimate of drug-likeness (QED) is 0.616. The molecule has 2 aromatic heterocycles. The maximum absolute atomic E-state index is 12.9. The number of hydrogen-bond donors (Lipinski definition) is 1. The average molecular weight is 343 g/mol. The third-order valence-electron chi connectivity index (χ3n) is 4.11. The zero-order valence-corrected chi connectivity index (χ0v) is 14.2. The van der Waals surface area contributed by atoms with Crippen LogP contribution in [0.1, 0.15) is 10.4 Å². The largest absolute Gasteiger partial charge is 0.334 e. The first-order chi connectivity index (χ1) is 12.7. The van der Waals surface area contributed by atoms with Crippen LogP contribution in [0.4, 0.5) is 5.69 Å². The molecule has 0 fully saturated rings. The molecule has 0 aliphatic carbocycles. The van der Waals surface area contributed by atoms with E-state index in [1.165, 1.54) is 0 Å². The third kappa shape index (κ3) is 3.00. The van der Waals surface area contributed by atoms with Crippen molar-refractivity contribution in [1.82, 2.24) is 19.3 Å². The van der Waals surface area contributed by atoms with Crippen molar-refractivity contribution in [3.8, 4) is 17.1 Å². The van der Waals surface area contributed by atoms with Gasteiger partial charge in [0.05, 0.1) is 11.3 Å². The molecule has 2 aromatic carbocycles. The van der Waals surface area contributed by atoms with Crippen LogP contribution in [0.3, 0.4) is 0 Å². The Labute approximate surface area is 150 Å². The molecule has 1 N–H and O–H groups in total. The van der Waals surface area contributed by atoms with Crippen molar-refractivity contribution in [3.63, 3.8) is 0 Å². The Balaban J connectivity index is 1.64. The first-order valence-corrected chi connectivity index (χ1v) is 8.20. The van der Waals surface area contributed by atoms with Gasteiger partial charge in [0.25, 0.3) is 5.91 Å². The van der Waals surface area contributed by atoms with Crippen LogP contribution in [0.2, 0.25) is 0 Å². The molecule has 128 valence electrons. The highest BCUT2D eigenvalue weighted by molar-refractivity contribution is 6.08. The lowest BCUT2D eigenvalue weighted by Crippen LogP contribution is -2.14. The Morgan fingerprint density at radius 1 is 1.00 bits per heavy atom. The molecule has 0 unspecified atom stereocenters. The molecule has 6 nitrogen and oxygen atoms in total. The Morgan fingerprint density at radius 2 is 1.88 bits per heavy atom. The lowest BCUT2D eigenvalue weighted by Gasteiger charge is -2.11. The van der Waals surface area contributed by atoms with E-state index in [-0.39, 0.29) is 5.91 Å². The molecule has 6 heteroatoms. The summed E-state index contributed by atoms with van der Waals surface area (Å²) in [5.41, 5.74) is 2.95. The van der Waals surface area contributed by atoms with Gasteiger partial charge >= 0.3 is 0 Å². The second-order valence-corrected chi connectivity index (χ2v) is 5.86. The standard InChI is InChI=1S/C20H17N5O/c1-24-13-11-21-19(24)17-8-2-3-9-18(17)20(26)23-15-6-4-7-16(14-15)25-12-5-10-22-25/h2-14H,1H3,(H,23,26). The van der Waals surface area contributed by atoms with Crippen LogP contribution in [-0.4, -0.2) is 25.2 Å². The first kappa shape index (κ1) is 15.8. The zero-order valence-electron chi connectivity index (χ0n) is 14.2. The minimum atomic E-state index is -0.179. The summed E-state index contributed by atoms with van der Waals surface area (Å²) in [4.78, 5) is 17.2. The highest BCUT2D eigenvalue weighted by Gasteiger charge is 2.15. The van der Waals surface area contributed by atoms with E-state index in [1.54, 1.807) is 23.1 Å². The summed E-state index contributed by atoms with van der Waals surface area (Å²) in [6.45, 7) is 0. The highest BCUT2D eigenvalue weighted by atomic mass is 16.1. The van der Waals surface area contributed by atoms with E-state index in [1.807, 2.05) is 72.5 Å². The van der Waals surface area contributed by atoms with Gasteiger partial charge in [-0.15, -0.1) is 0 Å². The molecule has 0 saturated heterocycles. The molecule has 0 aliphatic heterocycles. The van der Waals surface area contributed by atoms with Gasteiger partial charge in [-0.1, -0.05) is 24.3 Å². The number of hydrogen-bond acceptors (Lipinski definition) is 3. The summed E-state index contributed by atoms with van der Waals surface area (Å²) in [5.74, 6) is 0.572. The van der Waals surface area contributed by atoms with Crippen molar-refractivity contribution >= 4 is 11.6 Å². The van der Waals surface area contributed by atoms with Crippen molar-refractivity contribution in [2.24, 2.45) is 7.05 Å². The second-order valence-electron chi connectivity index (χ2n) is 5.86. The summed E-state index contributed by atoms with van der Waals surface area (Å²) in [6, 6.07) is 16.9. The zero-order chi connectivity index (χ0) is 17.9. The third-order valence-corrected chi connectivity index (χ3v) is 4.11. The lowest BCUT2D eigenvalue weighted by molar-refractivity contribution is 0.102. The molecule has 0 radical (unpaired) electrons. The van der Waals surface area contributed by atoms with Gasteiger partial charge < -0.3 is 9.88 Å². The molecule has 0 bridgehead atoms. The average Bonchev–Trinajstić information content (AvgIpc) is 3.34. The van der Waals surface area contributed by atoms with Gasteiger partial charge in [0.1, 0.15) is 5.82 Å². The number of imidazole rings is 1. The summed E-state index contributed by atoms with van der Waals surface area (Å²) >= 11 is 0. The number of nitrogens with one attached hydrogen (secondary N) is 1. The number of carbonyl (C=O) groups excluding carboxylic acids is 1. The highest BCUT2D eigenvalue weighted by Crippen LogP contribution is 2.23. The second kappa shape index (κ2) is 6.68. The molecular formula is C20H17N5O. The SMILES string of the molecule is Cn1ccnc1-c1ccccc1C(=O)Nc1cccc(-n2cccn2)c1. The van der Waals surface area contributed by atoms with Crippen LogP contribution in [0, 0.1) is 0 Å². The lowest BCUT2D eigenvalue weighted by atomic mass is 10.1. The molecule has 0 spiro atoms. The molecule has 4 aromatic rings. The fraction of sp³-hybridized carbons (Fsp3) is 0.0500. The van der Waals surface area contributed by atoms with Crippen molar-refractivity contribution in [2.45, 2.75) is 0 Å². The number of amides is 1. The van der Waals surface area contributed by atoms with E-state index >= 15 is 0 Å². The predicted octanol–water partition coefficient (Wildman–Crippen LogP) is 3.53. The molecule has 1 amide bonds. The summed E-state index contributed by atoms with van der Waals surface area (Å²) in [6.07, 6.45) is 7.15. The van der Waals surface area contributed by atoms with E-state index in [9.17, 15) is 4.79 Å². The van der Waals surface area contributed by atoms with Gasteiger partial charge in [-0.2, -0.15) is 5.10 Å². The van der Waals surface area contributed by atoms with Gasteiger partial charge in [-0.3, -0.25) is 4.79 Å². The van der Waals surface area contributed by atoms with E-state index < -0.39 is 0 Å². The smallest absolute Gasteiger partial charge is 0.256 e. The Kier molecular flexibility index (Phi) is 4.07. The van der Waals surface area contributed by atoms with Crippen LogP contribution in [0.5, 0.6) is 0 Å². The van der Waals surface area contributed by atoms with Crippen molar-refractivity contribution in [3.05, 3.63) is 84.9 Å². The van der Waals surface area contributed by atoms with Crippen LogP contribution in [0.15, 0.2) is 79.4 Å². The summed E-state index contributed by atoms with van der Waals surface area (Å²) < 4.78 is 3.64. The van der Waals surface area contributed by atoms with Gasteiger partial charge in [0, 0.05) is 43.1 Å². The van der Waals surface area contributed by atoms with Crippen molar-refractivity contribution in [2.75, 3.05) is 5.32 Å². The van der Waals surface area contributed by atoms with Gasteiger partial charge in [0.15, 0.2) is 0 Å². The molecule has 0 aliphatic rings. The fourth-order valence-corrected chi connectivity index (χ4v) is 2.85. The van der Waals surface area contributed by atoms with Gasteiger partial charge in [-0.05, 0) is 30.3 Å². The normalized spacial score (nSPS) is 10.7. The van der Waals surface area contributed by atoms with Crippen LogP contribution in [-0.2, 0) is 7.05 Å². The number of benzene rings is 2. The molecule has 26 heavy (non-hydrogen) atoms. The maximum atomic E-state index is 12.9. The molecular weight excluding hydrogens is 326 g/mol. The topological polar surface area (TPSA) is 64.7 Å². The van der Waals surface area contributed by atoms with Crippen molar-refractivity contribution < 1.29 is 4.79 Å². The maximum Gasteiger partial charge on any atom is 0.256 e. The van der Waals surface area contributed by atoms with E-state index in [0.717, 1.165) is 17.1 Å². The fourth-order valence-electron chi connectivity index (χ4n) is 2.85. The van der Waals surface area contributed by atoms with Crippen molar-refractivity contribution in [1.29, 1.82) is 0 Å². The molecule has 0 saturated carbocycles. The Morgan fingerprint density at radius 3 is 2.65 bits per heavy atom. The number of rotatable bonds is 4. The predicted molar refractivity (Wildman–Crippen MR) is 100 cm³/mol. The number of nitrogens with zero attached hydrogens (tertiary/aromatic N) is 4. The van der Waals surface area contributed by atoms with E-state index in [2.05, 4.69) is 15.4 Å². The minimum Gasteiger partial charge on any atom is -0.334 e. The Hall–Kier alpha value is -3.67. The number of aromatic nitrogens is 4. The van der Waals surface area contributed by atoms with Crippen LogP contribution >= 0.6 is 0 Å². The monoisotopic (exact) mass is 343 g/mol. The Bertz CT molecular complexity index is 1050. The van der Waals surface area contributed by atoms with Gasteiger partial charge in [-0.25, -0.2) is 9.67 Å². The summed E-state index contributed by atoms with van der Waals surface area (Å²) in [7, 11) is 1.91. The number of aryl methyl sites for hydroxylation is 1. The first-order valence-electron chi connectivity index (χ1n) is 8.20. The number of anilines is 1. The van der Waals surface area contributed by atoms with Gasteiger partial charge in [0.2, 0.25) is 0 Å². The number of carbonyl (C=O) groups is 1.